The molecular formula is C34H40F2. The Morgan fingerprint density at radius 3 is 2.17 bits per heavy atom. The zero-order valence-corrected chi connectivity index (χ0v) is 21.9. The molecule has 0 saturated heterocycles. The molecule has 0 heterocycles. The van der Waals surface area contributed by atoms with Crippen LogP contribution in [0.1, 0.15) is 99.8 Å². The van der Waals surface area contributed by atoms with Gasteiger partial charge in [-0.1, -0.05) is 54.7 Å². The molecule has 2 heteroatoms. The first-order valence-electron chi connectivity index (χ1n) is 13.9. The highest BCUT2D eigenvalue weighted by molar-refractivity contribution is 5.46. The predicted molar refractivity (Wildman–Crippen MR) is 147 cm³/mol. The van der Waals surface area contributed by atoms with Crippen LogP contribution < -0.4 is 0 Å². The molecule has 0 spiro atoms. The minimum atomic E-state index is -0.342. The van der Waals surface area contributed by atoms with E-state index >= 15 is 0 Å². The Balaban J connectivity index is 1.36. The molecule has 2 fully saturated rings. The highest BCUT2D eigenvalue weighted by Gasteiger charge is 2.35. The second-order valence-electron chi connectivity index (χ2n) is 10.8. The molecule has 0 radical (unpaired) electrons. The summed E-state index contributed by atoms with van der Waals surface area (Å²) in [5.41, 5.74) is 2.70. The van der Waals surface area contributed by atoms with Gasteiger partial charge in [0, 0.05) is 0 Å². The van der Waals surface area contributed by atoms with E-state index in [1.165, 1.54) is 44.9 Å². The normalized spacial score (nSPS) is 24.0. The zero-order valence-electron chi connectivity index (χ0n) is 21.9. The average Bonchev–Trinajstić information content (AvgIpc) is 2.89. The Kier molecular flexibility index (Phi) is 9.57. The molecule has 36 heavy (non-hydrogen) atoms. The summed E-state index contributed by atoms with van der Waals surface area (Å²) < 4.78 is 29.5. The molecule has 4 atom stereocenters. The van der Waals surface area contributed by atoms with Gasteiger partial charge in [0.15, 0.2) is 0 Å². The van der Waals surface area contributed by atoms with Crippen LogP contribution in [0.4, 0.5) is 8.78 Å². The third kappa shape index (κ3) is 6.97. The number of halogens is 2. The summed E-state index contributed by atoms with van der Waals surface area (Å²) in [6, 6.07) is 10.7. The molecule has 190 valence electrons. The van der Waals surface area contributed by atoms with Gasteiger partial charge in [0.05, 0.1) is 11.1 Å². The van der Waals surface area contributed by atoms with Crippen molar-refractivity contribution in [3.05, 3.63) is 94.6 Å². The highest BCUT2D eigenvalue weighted by atomic mass is 19.1. The highest BCUT2D eigenvalue weighted by Crippen LogP contribution is 2.48. The molecule has 0 N–H and O–H groups in total. The largest absolute Gasteiger partial charge is 0.206 e. The van der Waals surface area contributed by atoms with Gasteiger partial charge in [-0.15, -0.1) is 0 Å². The Hall–Kier alpha value is -2.66. The maximum absolute atomic E-state index is 15.0. The molecular weight excluding hydrogens is 446 g/mol. The lowest BCUT2D eigenvalue weighted by atomic mass is 9.63. The molecule has 2 saturated carbocycles. The van der Waals surface area contributed by atoms with Crippen LogP contribution in [0.25, 0.3) is 0 Å². The summed E-state index contributed by atoms with van der Waals surface area (Å²) in [7, 11) is 0. The van der Waals surface area contributed by atoms with Gasteiger partial charge in [-0.05, 0) is 131 Å². The predicted octanol–water partition coefficient (Wildman–Crippen LogP) is 9.53. The Morgan fingerprint density at radius 1 is 0.778 bits per heavy atom. The van der Waals surface area contributed by atoms with Gasteiger partial charge in [-0.2, -0.15) is 0 Å². The first kappa shape index (κ1) is 26.4. The van der Waals surface area contributed by atoms with Crippen LogP contribution in [0.2, 0.25) is 0 Å². The van der Waals surface area contributed by atoms with Crippen molar-refractivity contribution in [2.24, 2.45) is 17.8 Å². The van der Waals surface area contributed by atoms with E-state index in [1.54, 1.807) is 24.3 Å². The lowest BCUT2D eigenvalue weighted by molar-refractivity contribution is 0.115. The SMILES string of the molecule is C/C=C/CCc1ccc(C#Cc2ccc(C3CCC4CC(CC/C=C/C)CCC4C3)cc2F)c(F)c1. The van der Waals surface area contributed by atoms with E-state index in [9.17, 15) is 8.78 Å². The number of rotatable bonds is 7. The quantitative estimate of drug-likeness (QED) is 0.270. The molecule has 0 bridgehead atoms. The lowest BCUT2D eigenvalue weighted by Crippen LogP contribution is -2.30. The molecule has 2 aromatic rings. The van der Waals surface area contributed by atoms with E-state index in [-0.39, 0.29) is 11.6 Å². The number of benzene rings is 2. The molecule has 0 aliphatic heterocycles. The Bertz CT molecular complexity index is 1130. The third-order valence-electron chi connectivity index (χ3n) is 8.36. The van der Waals surface area contributed by atoms with Crippen LogP contribution in [-0.2, 0) is 6.42 Å². The van der Waals surface area contributed by atoms with Crippen LogP contribution in [0.3, 0.4) is 0 Å². The molecule has 0 aromatic heterocycles. The molecule has 0 nitrogen and oxygen atoms in total. The van der Waals surface area contributed by atoms with Crippen molar-refractivity contribution in [2.45, 2.75) is 84.0 Å². The second kappa shape index (κ2) is 13.0. The number of allylic oxidation sites excluding steroid dienone is 4. The summed E-state index contributed by atoms with van der Waals surface area (Å²) in [5, 5.41) is 0. The van der Waals surface area contributed by atoms with Crippen LogP contribution in [0, 0.1) is 41.2 Å². The topological polar surface area (TPSA) is 0 Å². The van der Waals surface area contributed by atoms with Crippen LogP contribution in [0.5, 0.6) is 0 Å². The molecule has 2 aliphatic rings. The summed E-state index contributed by atoms with van der Waals surface area (Å²) in [6.07, 6.45) is 20.4. The first-order valence-corrected chi connectivity index (χ1v) is 13.9. The van der Waals surface area contributed by atoms with E-state index in [2.05, 4.69) is 37.0 Å². The minimum Gasteiger partial charge on any atom is -0.206 e. The lowest BCUT2D eigenvalue weighted by Gasteiger charge is -2.42. The van der Waals surface area contributed by atoms with Gasteiger partial charge >= 0.3 is 0 Å². The molecule has 4 rings (SSSR count). The van der Waals surface area contributed by atoms with Gasteiger partial charge in [0.1, 0.15) is 11.6 Å². The van der Waals surface area contributed by atoms with E-state index < -0.39 is 0 Å². The summed E-state index contributed by atoms with van der Waals surface area (Å²) in [5.74, 6) is 8.03. The van der Waals surface area contributed by atoms with Crippen LogP contribution in [-0.4, -0.2) is 0 Å². The van der Waals surface area contributed by atoms with Gasteiger partial charge in [0.2, 0.25) is 0 Å². The number of hydrogen-bond donors (Lipinski definition) is 0. The average molecular weight is 487 g/mol. The summed E-state index contributed by atoms with van der Waals surface area (Å²) in [6.45, 7) is 4.08. The van der Waals surface area contributed by atoms with Crippen molar-refractivity contribution >= 4 is 0 Å². The van der Waals surface area contributed by atoms with Crippen LogP contribution in [0.15, 0.2) is 60.7 Å². The Labute approximate surface area is 216 Å². The smallest absolute Gasteiger partial charge is 0.139 e. The van der Waals surface area contributed by atoms with Gasteiger partial charge < -0.3 is 0 Å². The van der Waals surface area contributed by atoms with Gasteiger partial charge in [-0.25, -0.2) is 8.78 Å². The zero-order chi connectivity index (χ0) is 25.3. The van der Waals surface area contributed by atoms with Crippen molar-refractivity contribution in [1.29, 1.82) is 0 Å². The fourth-order valence-electron chi connectivity index (χ4n) is 6.30. The third-order valence-corrected chi connectivity index (χ3v) is 8.36. The van der Waals surface area contributed by atoms with E-state index in [0.29, 0.717) is 17.0 Å². The van der Waals surface area contributed by atoms with Gasteiger partial charge in [0.25, 0.3) is 0 Å². The molecule has 2 aliphatic carbocycles. The molecule has 2 aromatic carbocycles. The van der Waals surface area contributed by atoms with E-state index in [1.807, 2.05) is 25.1 Å². The van der Waals surface area contributed by atoms with Crippen molar-refractivity contribution in [1.82, 2.24) is 0 Å². The maximum Gasteiger partial charge on any atom is 0.139 e. The Morgan fingerprint density at radius 2 is 1.44 bits per heavy atom. The number of fused-ring (bicyclic) bond motifs is 1. The number of hydrogen-bond acceptors (Lipinski definition) is 0. The van der Waals surface area contributed by atoms with Crippen LogP contribution >= 0.6 is 0 Å². The van der Waals surface area contributed by atoms with Crippen molar-refractivity contribution < 1.29 is 8.78 Å². The summed E-state index contributed by atoms with van der Waals surface area (Å²) >= 11 is 0. The molecule has 4 unspecified atom stereocenters. The number of aryl methyl sites for hydroxylation is 1. The maximum atomic E-state index is 15.0. The monoisotopic (exact) mass is 486 g/mol. The van der Waals surface area contributed by atoms with E-state index in [4.69, 9.17) is 0 Å². The fraction of sp³-hybridized carbons (Fsp3) is 0.471. The summed E-state index contributed by atoms with van der Waals surface area (Å²) in [4.78, 5) is 0. The minimum absolute atomic E-state index is 0.293. The van der Waals surface area contributed by atoms with Crippen molar-refractivity contribution in [3.8, 4) is 11.8 Å². The fourth-order valence-corrected chi connectivity index (χ4v) is 6.30. The first-order chi connectivity index (χ1) is 17.6. The van der Waals surface area contributed by atoms with Gasteiger partial charge in [-0.3, -0.25) is 0 Å². The van der Waals surface area contributed by atoms with E-state index in [0.717, 1.165) is 48.1 Å². The van der Waals surface area contributed by atoms with Crippen molar-refractivity contribution in [2.75, 3.05) is 0 Å². The second-order valence-corrected chi connectivity index (χ2v) is 10.8. The standard InChI is InChI=1S/C34H40F2/c1-3-5-7-9-25-12-14-30-23-31(20-19-29(30)21-25)32-18-17-28(34(36)24-32)16-15-27-13-11-26(22-33(27)35)10-8-6-4-2/h3-6,11,13,17-18,22,24-25,29-31H,7-10,12,14,19-21,23H2,1-2H3/b5-3+,6-4+. The molecule has 0 amide bonds. The van der Waals surface area contributed by atoms with Crippen molar-refractivity contribution in [3.63, 3.8) is 0 Å².